The lowest BCUT2D eigenvalue weighted by molar-refractivity contribution is -0.163. The number of nitrogens with zero attached hydrogens (tertiary/aromatic N) is 2. The molecule has 0 bridgehead atoms. The van der Waals surface area contributed by atoms with Crippen molar-refractivity contribution in [2.45, 2.75) is 36.3 Å². The Hall–Kier alpha value is -2.28. The molecule has 2 atom stereocenters. The number of benzene rings is 2. The fourth-order valence-electron chi connectivity index (χ4n) is 6.08. The Morgan fingerprint density at radius 3 is 2.27 bits per heavy atom. The number of amides is 1. The number of hydrogen-bond acceptors (Lipinski definition) is 4. The van der Waals surface area contributed by atoms with Crippen LogP contribution in [0.25, 0.3) is 0 Å². The number of carbonyl (C=O) groups excluding carboxylic acids is 1. The van der Waals surface area contributed by atoms with Gasteiger partial charge in [-0.15, -0.1) is 0 Å². The topological polar surface area (TPSA) is 45.3 Å². The fourth-order valence-corrected chi connectivity index (χ4v) is 6.08. The largest absolute Gasteiger partial charge is 0.377 e. The van der Waals surface area contributed by atoms with Crippen molar-refractivity contribution >= 4 is 5.91 Å². The molecule has 174 valence electrons. The number of piperidine rings is 2. The molecule has 6 heteroatoms. The maximum Gasteiger partial charge on any atom is 0.226 e. The molecule has 33 heavy (non-hydrogen) atoms. The Kier molecular flexibility index (Phi) is 5.28. The molecule has 5 nitrogen and oxygen atoms in total. The van der Waals surface area contributed by atoms with E-state index in [9.17, 15) is 9.18 Å². The van der Waals surface area contributed by atoms with Crippen LogP contribution in [0.15, 0.2) is 54.6 Å². The van der Waals surface area contributed by atoms with E-state index in [1.165, 1.54) is 11.6 Å². The molecule has 2 aromatic carbocycles. The molecule has 1 spiro atoms. The minimum atomic E-state index is -0.451. The minimum Gasteiger partial charge on any atom is -0.377 e. The van der Waals surface area contributed by atoms with Crippen LogP contribution in [0.1, 0.15) is 36.3 Å². The van der Waals surface area contributed by atoms with Crippen LogP contribution in [-0.2, 0) is 19.8 Å². The Bertz CT molecular complexity index is 1010. The van der Waals surface area contributed by atoms with Crippen LogP contribution in [0.4, 0.5) is 4.39 Å². The lowest BCUT2D eigenvalue weighted by Crippen LogP contribution is -2.63. The molecule has 4 aliphatic heterocycles. The van der Waals surface area contributed by atoms with Gasteiger partial charge in [-0.05, 0) is 37.4 Å². The van der Waals surface area contributed by atoms with E-state index < -0.39 is 5.54 Å². The highest BCUT2D eigenvalue weighted by Gasteiger charge is 2.52. The van der Waals surface area contributed by atoms with Gasteiger partial charge in [-0.1, -0.05) is 48.5 Å². The van der Waals surface area contributed by atoms with Crippen molar-refractivity contribution in [3.8, 4) is 0 Å². The summed E-state index contributed by atoms with van der Waals surface area (Å²) >= 11 is 0. The van der Waals surface area contributed by atoms with E-state index in [4.69, 9.17) is 9.47 Å². The van der Waals surface area contributed by atoms with Gasteiger partial charge < -0.3 is 14.4 Å². The number of likely N-dealkylation sites (tertiary alicyclic amines) is 2. The highest BCUT2D eigenvalue weighted by atomic mass is 19.1. The van der Waals surface area contributed by atoms with Gasteiger partial charge in [0.05, 0.1) is 31.0 Å². The number of rotatable bonds is 4. The van der Waals surface area contributed by atoms with Crippen molar-refractivity contribution in [2.75, 3.05) is 46.0 Å². The molecule has 0 unspecified atom stereocenters. The third-order valence-electron chi connectivity index (χ3n) is 8.36. The molecular weight excluding hydrogens is 419 g/mol. The van der Waals surface area contributed by atoms with Crippen LogP contribution in [-0.4, -0.2) is 67.3 Å². The SMILES string of the molecule is O=C([C@@H]1CCN(C2(c3ccccc3F)COC2)C[C@H]1c1ccccc1)N1CCC2(CC1)CO2. The highest BCUT2D eigenvalue weighted by Crippen LogP contribution is 2.44. The second kappa shape index (κ2) is 8.19. The van der Waals surface area contributed by atoms with Crippen LogP contribution < -0.4 is 0 Å². The van der Waals surface area contributed by atoms with Crippen LogP contribution >= 0.6 is 0 Å². The summed E-state index contributed by atoms with van der Waals surface area (Å²) in [6, 6.07) is 17.4. The molecule has 4 aliphatic rings. The van der Waals surface area contributed by atoms with Crippen LogP contribution in [0.3, 0.4) is 0 Å². The Morgan fingerprint density at radius 1 is 0.939 bits per heavy atom. The summed E-state index contributed by atoms with van der Waals surface area (Å²) in [5.41, 5.74) is 1.50. The Balaban J connectivity index is 1.27. The highest BCUT2D eigenvalue weighted by molar-refractivity contribution is 5.80. The number of ether oxygens (including phenoxy) is 2. The minimum absolute atomic E-state index is 0.0588. The van der Waals surface area contributed by atoms with Crippen molar-refractivity contribution in [1.29, 1.82) is 0 Å². The van der Waals surface area contributed by atoms with E-state index in [2.05, 4.69) is 21.9 Å². The molecule has 0 radical (unpaired) electrons. The number of epoxide rings is 1. The molecule has 0 aliphatic carbocycles. The normalized spacial score (nSPS) is 28.3. The molecule has 2 aromatic rings. The third kappa shape index (κ3) is 3.69. The zero-order valence-corrected chi connectivity index (χ0v) is 18.9. The van der Waals surface area contributed by atoms with Gasteiger partial charge in [0.25, 0.3) is 0 Å². The van der Waals surface area contributed by atoms with Crippen molar-refractivity contribution in [3.05, 3.63) is 71.5 Å². The standard InChI is InChI=1S/C27H31FN2O3/c28-24-9-5-4-8-23(24)27(18-32-19-27)30-13-10-21(22(16-30)20-6-2-1-3-7-20)25(31)29-14-11-26(12-15-29)17-33-26/h1-9,21-22H,10-19H2/t21-,22+/m1/s1. The average Bonchev–Trinajstić information content (AvgIpc) is 3.59. The smallest absolute Gasteiger partial charge is 0.226 e. The quantitative estimate of drug-likeness (QED) is 0.669. The summed E-state index contributed by atoms with van der Waals surface area (Å²) in [4.78, 5) is 18.1. The first-order chi connectivity index (χ1) is 16.1. The predicted molar refractivity (Wildman–Crippen MR) is 122 cm³/mol. The summed E-state index contributed by atoms with van der Waals surface area (Å²) in [6.45, 7) is 4.88. The molecule has 4 heterocycles. The summed E-state index contributed by atoms with van der Waals surface area (Å²) in [5.74, 6) is 0.102. The second-order valence-corrected chi connectivity index (χ2v) is 10.2. The number of halogens is 1. The van der Waals surface area contributed by atoms with Gasteiger partial charge in [0, 0.05) is 37.0 Å². The van der Waals surface area contributed by atoms with Crippen LogP contribution in [0.2, 0.25) is 0 Å². The molecule has 0 saturated carbocycles. The van der Waals surface area contributed by atoms with Gasteiger partial charge in [0.2, 0.25) is 5.91 Å². The second-order valence-electron chi connectivity index (χ2n) is 10.2. The van der Waals surface area contributed by atoms with E-state index in [1.807, 2.05) is 30.3 Å². The first-order valence-electron chi connectivity index (χ1n) is 12.2. The number of carbonyl (C=O) groups is 1. The molecule has 0 aromatic heterocycles. The van der Waals surface area contributed by atoms with Gasteiger partial charge in [-0.3, -0.25) is 9.69 Å². The summed E-state index contributed by atoms with van der Waals surface area (Å²) in [7, 11) is 0. The first kappa shape index (κ1) is 21.3. The van der Waals surface area contributed by atoms with Crippen LogP contribution in [0, 0.1) is 11.7 Å². The van der Waals surface area contributed by atoms with E-state index in [0.29, 0.717) is 18.8 Å². The maximum atomic E-state index is 14.8. The van der Waals surface area contributed by atoms with Gasteiger partial charge in [-0.25, -0.2) is 4.39 Å². The molecule has 6 rings (SSSR count). The van der Waals surface area contributed by atoms with E-state index in [0.717, 1.165) is 52.0 Å². The Morgan fingerprint density at radius 2 is 1.64 bits per heavy atom. The van der Waals surface area contributed by atoms with Gasteiger partial charge in [0.15, 0.2) is 0 Å². The van der Waals surface area contributed by atoms with Crippen molar-refractivity contribution in [2.24, 2.45) is 5.92 Å². The zero-order chi connectivity index (χ0) is 22.5. The van der Waals surface area contributed by atoms with Crippen molar-refractivity contribution < 1.29 is 18.7 Å². The van der Waals surface area contributed by atoms with Crippen LogP contribution in [0.5, 0.6) is 0 Å². The summed E-state index contributed by atoms with van der Waals surface area (Å²) < 4.78 is 26.1. The molecule has 0 N–H and O–H groups in total. The van der Waals surface area contributed by atoms with E-state index in [-0.39, 0.29) is 29.2 Å². The summed E-state index contributed by atoms with van der Waals surface area (Å²) in [6.07, 6.45) is 2.66. The lowest BCUT2D eigenvalue weighted by atomic mass is 9.76. The predicted octanol–water partition coefficient (Wildman–Crippen LogP) is 3.55. The van der Waals surface area contributed by atoms with Gasteiger partial charge in [-0.2, -0.15) is 0 Å². The molecule has 4 fully saturated rings. The zero-order valence-electron chi connectivity index (χ0n) is 18.9. The van der Waals surface area contributed by atoms with Crippen molar-refractivity contribution in [3.63, 3.8) is 0 Å². The fraction of sp³-hybridized carbons (Fsp3) is 0.519. The number of hydrogen-bond donors (Lipinski definition) is 0. The van der Waals surface area contributed by atoms with E-state index in [1.54, 1.807) is 6.07 Å². The average molecular weight is 451 g/mol. The monoisotopic (exact) mass is 450 g/mol. The first-order valence-corrected chi connectivity index (χ1v) is 12.2. The van der Waals surface area contributed by atoms with Crippen molar-refractivity contribution in [1.82, 2.24) is 9.80 Å². The lowest BCUT2D eigenvalue weighted by Gasteiger charge is -2.54. The third-order valence-corrected chi connectivity index (χ3v) is 8.36. The molecule has 1 amide bonds. The molecular formula is C27H31FN2O3. The Labute approximate surface area is 194 Å². The molecule has 4 saturated heterocycles. The van der Waals surface area contributed by atoms with E-state index >= 15 is 0 Å². The van der Waals surface area contributed by atoms with Gasteiger partial charge >= 0.3 is 0 Å². The maximum absolute atomic E-state index is 14.8. The van der Waals surface area contributed by atoms with Gasteiger partial charge in [0.1, 0.15) is 5.82 Å². The summed E-state index contributed by atoms with van der Waals surface area (Å²) in [5, 5.41) is 0.